The molecule has 1 amide bonds. The maximum absolute atomic E-state index is 13.0. The van der Waals surface area contributed by atoms with Crippen LogP contribution in [0.25, 0.3) is 0 Å². The molecule has 3 aromatic carbocycles. The van der Waals surface area contributed by atoms with Crippen molar-refractivity contribution >= 4 is 44.8 Å². The third-order valence-electron chi connectivity index (χ3n) is 4.96. The fourth-order valence-electron chi connectivity index (χ4n) is 3.29. The van der Waals surface area contributed by atoms with E-state index in [2.05, 4.69) is 5.32 Å². The zero-order valence-electron chi connectivity index (χ0n) is 16.7. The minimum Gasteiger partial charge on any atom is -0.452 e. The van der Waals surface area contributed by atoms with E-state index < -0.39 is 34.1 Å². The summed E-state index contributed by atoms with van der Waals surface area (Å²) in [5, 5.41) is 3.03. The van der Waals surface area contributed by atoms with Crippen molar-refractivity contribution in [3.63, 3.8) is 0 Å². The molecule has 3 aromatic rings. The Morgan fingerprint density at radius 2 is 1.69 bits per heavy atom. The normalized spacial score (nSPS) is 13.6. The van der Waals surface area contributed by atoms with Gasteiger partial charge in [0.1, 0.15) is 0 Å². The lowest BCUT2D eigenvalue weighted by molar-refractivity contribution is -0.119. The molecule has 32 heavy (non-hydrogen) atoms. The molecule has 0 saturated carbocycles. The van der Waals surface area contributed by atoms with Crippen LogP contribution in [0.3, 0.4) is 0 Å². The van der Waals surface area contributed by atoms with E-state index >= 15 is 0 Å². The van der Waals surface area contributed by atoms with Crippen LogP contribution >= 0.6 is 11.6 Å². The van der Waals surface area contributed by atoms with Gasteiger partial charge in [-0.25, -0.2) is 13.2 Å². The van der Waals surface area contributed by atoms with Gasteiger partial charge in [0.05, 0.1) is 15.4 Å². The number of hydrogen-bond acceptors (Lipinski definition) is 6. The number of ketones is 1. The average Bonchev–Trinajstić information content (AvgIpc) is 2.78. The van der Waals surface area contributed by atoms with Crippen LogP contribution in [0, 0.1) is 6.92 Å². The first-order chi connectivity index (χ1) is 15.2. The number of halogens is 1. The van der Waals surface area contributed by atoms with Crippen LogP contribution in [0.5, 0.6) is 0 Å². The van der Waals surface area contributed by atoms with Gasteiger partial charge >= 0.3 is 5.97 Å². The molecule has 0 radical (unpaired) electrons. The highest BCUT2D eigenvalue weighted by atomic mass is 35.5. The minimum absolute atomic E-state index is 0.0192. The summed E-state index contributed by atoms with van der Waals surface area (Å²) in [4.78, 5) is 36.8. The number of carbonyl (C=O) groups excluding carboxylic acids is 3. The Kier molecular flexibility index (Phi) is 5.58. The number of carbonyl (C=O) groups is 3. The van der Waals surface area contributed by atoms with E-state index in [0.717, 1.165) is 11.6 Å². The van der Waals surface area contributed by atoms with Gasteiger partial charge in [-0.3, -0.25) is 9.59 Å². The van der Waals surface area contributed by atoms with Gasteiger partial charge in [0.25, 0.3) is 5.91 Å². The van der Waals surface area contributed by atoms with Crippen molar-refractivity contribution in [3.8, 4) is 0 Å². The van der Waals surface area contributed by atoms with E-state index in [-0.39, 0.29) is 26.5 Å². The second-order valence-electron chi connectivity index (χ2n) is 7.13. The zero-order valence-corrected chi connectivity index (χ0v) is 18.3. The third kappa shape index (κ3) is 3.90. The summed E-state index contributed by atoms with van der Waals surface area (Å²) in [5.74, 6) is -1.93. The molecule has 9 heteroatoms. The molecule has 1 aliphatic rings. The Morgan fingerprint density at radius 1 is 0.969 bits per heavy atom. The first-order valence-corrected chi connectivity index (χ1v) is 11.3. The molecule has 0 saturated heterocycles. The maximum Gasteiger partial charge on any atom is 0.338 e. The van der Waals surface area contributed by atoms with E-state index in [1.54, 1.807) is 24.3 Å². The van der Waals surface area contributed by atoms with Crippen LogP contribution in [0.1, 0.15) is 31.8 Å². The van der Waals surface area contributed by atoms with Gasteiger partial charge < -0.3 is 10.1 Å². The molecule has 1 aliphatic heterocycles. The molecule has 0 aromatic heterocycles. The van der Waals surface area contributed by atoms with Crippen LogP contribution in [0.4, 0.5) is 5.69 Å². The summed E-state index contributed by atoms with van der Waals surface area (Å²) in [6, 6.07) is 14.5. The Bertz CT molecular complexity index is 1400. The lowest BCUT2D eigenvalue weighted by Gasteiger charge is -2.19. The Hall–Kier alpha value is -3.49. The Labute approximate surface area is 188 Å². The molecule has 0 atom stereocenters. The summed E-state index contributed by atoms with van der Waals surface area (Å²) in [7, 11) is -3.99. The number of esters is 1. The van der Waals surface area contributed by atoms with Crippen LogP contribution in [-0.2, 0) is 19.4 Å². The second-order valence-corrected chi connectivity index (χ2v) is 9.42. The minimum atomic E-state index is -3.99. The van der Waals surface area contributed by atoms with Gasteiger partial charge in [0.2, 0.25) is 9.84 Å². The maximum atomic E-state index is 13.0. The van der Waals surface area contributed by atoms with Gasteiger partial charge in [0.15, 0.2) is 12.4 Å². The van der Waals surface area contributed by atoms with E-state index in [4.69, 9.17) is 16.3 Å². The average molecular weight is 470 g/mol. The predicted molar refractivity (Wildman–Crippen MR) is 117 cm³/mol. The molecule has 0 fully saturated rings. The molecular formula is C23H16ClNO6S. The number of ether oxygens (including phenoxy) is 1. The highest BCUT2D eigenvalue weighted by Crippen LogP contribution is 2.34. The summed E-state index contributed by atoms with van der Waals surface area (Å²) in [5.41, 5.74) is 1.27. The standard InChI is InChI=1S/C23H16ClNO6S/c1-13-6-8-15(11-18(13)24)25-21(26)12-31-23(28)14-7-9-17-20(10-14)32(29,30)19-5-3-2-4-16(19)22(17)27/h2-11H,12H2,1H3,(H,25,26). The number of amides is 1. The van der Waals surface area contributed by atoms with E-state index in [1.807, 2.05) is 6.92 Å². The van der Waals surface area contributed by atoms with Gasteiger partial charge in [0, 0.05) is 21.8 Å². The van der Waals surface area contributed by atoms with Crippen LogP contribution in [-0.4, -0.2) is 32.7 Å². The number of fused-ring (bicyclic) bond motifs is 2. The number of sulfone groups is 1. The lowest BCUT2D eigenvalue weighted by atomic mass is 10.0. The number of nitrogens with one attached hydrogen (secondary N) is 1. The van der Waals surface area contributed by atoms with Gasteiger partial charge in [-0.1, -0.05) is 29.8 Å². The zero-order chi connectivity index (χ0) is 23.0. The predicted octanol–water partition coefficient (Wildman–Crippen LogP) is 3.82. The highest BCUT2D eigenvalue weighted by molar-refractivity contribution is 7.91. The van der Waals surface area contributed by atoms with Crippen molar-refractivity contribution in [2.75, 3.05) is 11.9 Å². The lowest BCUT2D eigenvalue weighted by Crippen LogP contribution is -2.22. The van der Waals surface area contributed by atoms with Gasteiger partial charge in [-0.05, 0) is 55.0 Å². The fraction of sp³-hybridized carbons (Fsp3) is 0.0870. The molecule has 162 valence electrons. The Morgan fingerprint density at radius 3 is 2.44 bits per heavy atom. The second kappa shape index (κ2) is 8.22. The molecule has 1 N–H and O–H groups in total. The molecule has 0 aliphatic carbocycles. The van der Waals surface area contributed by atoms with Crippen molar-refractivity contribution < 1.29 is 27.5 Å². The van der Waals surface area contributed by atoms with Crippen molar-refractivity contribution in [1.29, 1.82) is 0 Å². The SMILES string of the molecule is Cc1ccc(NC(=O)COC(=O)c2ccc3c(c2)S(=O)(=O)c2ccccc2C3=O)cc1Cl. The summed E-state index contributed by atoms with van der Waals surface area (Å²) in [6.45, 7) is 1.23. The third-order valence-corrected chi connectivity index (χ3v) is 7.22. The first-order valence-electron chi connectivity index (χ1n) is 9.44. The largest absolute Gasteiger partial charge is 0.452 e. The van der Waals surface area contributed by atoms with Crippen molar-refractivity contribution in [2.45, 2.75) is 16.7 Å². The van der Waals surface area contributed by atoms with Crippen molar-refractivity contribution in [1.82, 2.24) is 0 Å². The van der Waals surface area contributed by atoms with E-state index in [9.17, 15) is 22.8 Å². The van der Waals surface area contributed by atoms with Crippen molar-refractivity contribution in [2.24, 2.45) is 0 Å². The Balaban J connectivity index is 1.51. The van der Waals surface area contributed by atoms with Crippen LogP contribution in [0.15, 0.2) is 70.5 Å². The van der Waals surface area contributed by atoms with Gasteiger partial charge in [-0.2, -0.15) is 0 Å². The molecule has 1 heterocycles. The molecule has 0 spiro atoms. The number of hydrogen-bond donors (Lipinski definition) is 1. The topological polar surface area (TPSA) is 107 Å². The summed E-state index contributed by atoms with van der Waals surface area (Å²) in [6.07, 6.45) is 0. The van der Waals surface area contributed by atoms with Gasteiger partial charge in [-0.15, -0.1) is 0 Å². The molecule has 0 unspecified atom stereocenters. The monoisotopic (exact) mass is 469 g/mol. The smallest absolute Gasteiger partial charge is 0.338 e. The van der Waals surface area contributed by atoms with E-state index in [0.29, 0.717) is 10.7 Å². The fourth-order valence-corrected chi connectivity index (χ4v) is 5.15. The van der Waals surface area contributed by atoms with Crippen LogP contribution in [0.2, 0.25) is 5.02 Å². The van der Waals surface area contributed by atoms with Crippen molar-refractivity contribution in [3.05, 3.63) is 87.9 Å². The molecule has 4 rings (SSSR count). The quantitative estimate of drug-likeness (QED) is 0.455. The molecule has 7 nitrogen and oxygen atoms in total. The van der Waals surface area contributed by atoms with Crippen LogP contribution < -0.4 is 5.32 Å². The molecule has 0 bridgehead atoms. The number of anilines is 1. The number of benzene rings is 3. The summed E-state index contributed by atoms with van der Waals surface area (Å²) < 4.78 is 30.9. The number of aryl methyl sites for hydroxylation is 1. The number of rotatable bonds is 4. The first kappa shape index (κ1) is 21.7. The summed E-state index contributed by atoms with van der Waals surface area (Å²) >= 11 is 6.02. The van der Waals surface area contributed by atoms with E-state index in [1.165, 1.54) is 30.3 Å². The molecular weight excluding hydrogens is 454 g/mol. The highest BCUT2D eigenvalue weighted by Gasteiger charge is 2.35.